The van der Waals surface area contributed by atoms with Gasteiger partial charge in [-0.1, -0.05) is 6.92 Å². The molecule has 1 aromatic rings. The molecule has 0 radical (unpaired) electrons. The number of nitrogens with two attached hydrogens (primary N) is 1. The Labute approximate surface area is 158 Å². The minimum absolute atomic E-state index is 0.0760. The highest BCUT2D eigenvalue weighted by Gasteiger charge is 2.34. The van der Waals surface area contributed by atoms with E-state index in [4.69, 9.17) is 10.5 Å². The number of nitrogens with zero attached hydrogens (tertiary/aromatic N) is 2. The lowest BCUT2D eigenvalue weighted by molar-refractivity contribution is -0.132. The molecule has 1 saturated heterocycles. The molecule has 3 amide bonds. The van der Waals surface area contributed by atoms with E-state index in [0.29, 0.717) is 37.8 Å². The number of morpholine rings is 1. The molecule has 1 saturated carbocycles. The fourth-order valence-electron chi connectivity index (χ4n) is 3.25. The van der Waals surface area contributed by atoms with Gasteiger partial charge in [0.1, 0.15) is 6.61 Å². The zero-order valence-electron chi connectivity index (χ0n) is 15.5. The Morgan fingerprint density at radius 1 is 1.33 bits per heavy atom. The Hall–Kier alpha value is -2.45. The second-order valence-corrected chi connectivity index (χ2v) is 6.97. The van der Waals surface area contributed by atoms with E-state index in [9.17, 15) is 14.4 Å². The van der Waals surface area contributed by atoms with E-state index in [1.165, 1.54) is 0 Å². The maximum Gasteiger partial charge on any atom is 0.253 e. The van der Waals surface area contributed by atoms with Gasteiger partial charge in [0.15, 0.2) is 6.04 Å². The number of amides is 3. The number of primary amides is 1. The number of likely N-dealkylation sites (N-methyl/N-ethyl adjacent to an activating group) is 1. The van der Waals surface area contributed by atoms with Crippen LogP contribution in [0.5, 0.6) is 0 Å². The summed E-state index contributed by atoms with van der Waals surface area (Å²) in [6.07, 6.45) is 2.26. The number of hydrogen-bond donors (Lipinski definition) is 2. The molecule has 0 unspecified atom stereocenters. The van der Waals surface area contributed by atoms with Crippen LogP contribution in [0.15, 0.2) is 24.3 Å². The molecule has 3 rings (SSSR count). The fraction of sp³-hybridized carbons (Fsp3) is 0.526. The first-order chi connectivity index (χ1) is 13.0. The van der Waals surface area contributed by atoms with E-state index < -0.39 is 17.9 Å². The van der Waals surface area contributed by atoms with Crippen LogP contribution in [0, 0.1) is 5.92 Å². The van der Waals surface area contributed by atoms with Crippen molar-refractivity contribution >= 4 is 29.1 Å². The van der Waals surface area contributed by atoms with Crippen molar-refractivity contribution in [3.05, 3.63) is 24.3 Å². The van der Waals surface area contributed by atoms with Gasteiger partial charge in [0.05, 0.1) is 6.61 Å². The van der Waals surface area contributed by atoms with Crippen molar-refractivity contribution in [1.82, 2.24) is 4.90 Å². The Kier molecular flexibility index (Phi) is 6.08. The van der Waals surface area contributed by atoms with Gasteiger partial charge < -0.3 is 20.7 Å². The van der Waals surface area contributed by atoms with Crippen molar-refractivity contribution in [2.45, 2.75) is 25.8 Å². The molecule has 2 aliphatic rings. The smallest absolute Gasteiger partial charge is 0.253 e. The molecule has 1 aliphatic carbocycles. The van der Waals surface area contributed by atoms with Gasteiger partial charge in [-0.3, -0.25) is 19.3 Å². The summed E-state index contributed by atoms with van der Waals surface area (Å²) in [6, 6.07) is 5.96. The van der Waals surface area contributed by atoms with E-state index in [0.717, 1.165) is 18.5 Å². The van der Waals surface area contributed by atoms with E-state index >= 15 is 0 Å². The van der Waals surface area contributed by atoms with Gasteiger partial charge in [-0.05, 0) is 49.6 Å². The minimum Gasteiger partial charge on any atom is -0.370 e. The maximum absolute atomic E-state index is 12.7. The molecule has 0 spiro atoms. The Morgan fingerprint density at radius 3 is 2.59 bits per heavy atom. The molecule has 1 aromatic carbocycles. The molecule has 3 N–H and O–H groups in total. The van der Waals surface area contributed by atoms with E-state index in [1.54, 1.807) is 29.2 Å². The average Bonchev–Trinajstić information content (AvgIpc) is 3.46. The molecule has 8 nitrogen and oxygen atoms in total. The van der Waals surface area contributed by atoms with Crippen LogP contribution in [-0.2, 0) is 19.1 Å². The number of benzene rings is 1. The normalized spacial score (nSPS) is 18.4. The van der Waals surface area contributed by atoms with E-state index in [2.05, 4.69) is 5.32 Å². The second-order valence-electron chi connectivity index (χ2n) is 6.97. The van der Waals surface area contributed by atoms with Gasteiger partial charge in [-0.15, -0.1) is 0 Å². The van der Waals surface area contributed by atoms with E-state index in [-0.39, 0.29) is 12.5 Å². The third-order valence-corrected chi connectivity index (χ3v) is 4.91. The first-order valence-corrected chi connectivity index (χ1v) is 9.32. The van der Waals surface area contributed by atoms with Crippen LogP contribution in [0.2, 0.25) is 0 Å². The topological polar surface area (TPSA) is 105 Å². The van der Waals surface area contributed by atoms with E-state index in [1.807, 2.05) is 11.8 Å². The summed E-state index contributed by atoms with van der Waals surface area (Å²) in [5, 5.41) is 2.76. The number of nitrogens with one attached hydrogen (secondary N) is 1. The number of anilines is 2. The standard InChI is InChI=1S/C19H26N4O4/c1-2-22(11-13-3-4-13)17(18(20)25)19(26)21-14-5-7-15(8-6-14)23-9-10-27-12-16(23)24/h5-8,13,17H,2-4,9-12H2,1H3,(H2,20,25)(H,21,26)/t17-/m0/s1. The number of rotatable bonds is 8. The Bertz CT molecular complexity index is 702. The summed E-state index contributed by atoms with van der Waals surface area (Å²) in [7, 11) is 0. The average molecular weight is 374 g/mol. The highest BCUT2D eigenvalue weighted by atomic mass is 16.5. The lowest BCUT2D eigenvalue weighted by Crippen LogP contribution is -2.52. The van der Waals surface area contributed by atoms with Gasteiger partial charge in [-0.2, -0.15) is 0 Å². The van der Waals surface area contributed by atoms with Crippen LogP contribution >= 0.6 is 0 Å². The van der Waals surface area contributed by atoms with Crippen LogP contribution in [0.3, 0.4) is 0 Å². The molecule has 0 aromatic heterocycles. The summed E-state index contributed by atoms with van der Waals surface area (Å²) >= 11 is 0. The molecule has 1 heterocycles. The van der Waals surface area contributed by atoms with Crippen molar-refractivity contribution in [2.75, 3.05) is 43.1 Å². The Morgan fingerprint density at radius 2 is 2.04 bits per heavy atom. The first-order valence-electron chi connectivity index (χ1n) is 9.32. The zero-order chi connectivity index (χ0) is 19.4. The second kappa shape index (κ2) is 8.49. The van der Waals surface area contributed by atoms with Crippen molar-refractivity contribution in [3.8, 4) is 0 Å². The SMILES string of the molecule is CCN(CC1CC1)[C@@H](C(N)=O)C(=O)Nc1ccc(N2CCOCC2=O)cc1. The number of hydrogen-bond acceptors (Lipinski definition) is 5. The van der Waals surface area contributed by atoms with Crippen LogP contribution in [0.1, 0.15) is 19.8 Å². The molecule has 1 aliphatic heterocycles. The van der Waals surface area contributed by atoms with Crippen LogP contribution in [0.25, 0.3) is 0 Å². The molecule has 0 bridgehead atoms. The highest BCUT2D eigenvalue weighted by Crippen LogP contribution is 2.30. The van der Waals surface area contributed by atoms with Gasteiger partial charge in [0.25, 0.3) is 11.8 Å². The molecular weight excluding hydrogens is 348 g/mol. The summed E-state index contributed by atoms with van der Waals surface area (Å²) in [5.74, 6) is -0.624. The zero-order valence-corrected chi connectivity index (χ0v) is 15.5. The van der Waals surface area contributed by atoms with Crippen molar-refractivity contribution in [3.63, 3.8) is 0 Å². The van der Waals surface area contributed by atoms with Gasteiger partial charge >= 0.3 is 0 Å². The fourth-order valence-corrected chi connectivity index (χ4v) is 3.25. The van der Waals surface area contributed by atoms with Crippen LogP contribution < -0.4 is 16.0 Å². The third-order valence-electron chi connectivity index (χ3n) is 4.91. The minimum atomic E-state index is -0.990. The third kappa shape index (κ3) is 4.84. The summed E-state index contributed by atoms with van der Waals surface area (Å²) in [6.45, 7) is 4.27. The number of carbonyl (C=O) groups excluding carboxylic acids is 3. The molecule has 1 atom stereocenters. The predicted molar refractivity (Wildman–Crippen MR) is 101 cm³/mol. The largest absolute Gasteiger partial charge is 0.370 e. The van der Waals surface area contributed by atoms with Crippen molar-refractivity contribution in [2.24, 2.45) is 11.7 Å². The highest BCUT2D eigenvalue weighted by molar-refractivity contribution is 6.09. The lowest BCUT2D eigenvalue weighted by Gasteiger charge is -2.28. The molecule has 8 heteroatoms. The van der Waals surface area contributed by atoms with Crippen LogP contribution in [0.4, 0.5) is 11.4 Å². The van der Waals surface area contributed by atoms with Gasteiger partial charge in [-0.25, -0.2) is 0 Å². The summed E-state index contributed by atoms with van der Waals surface area (Å²) < 4.78 is 5.13. The van der Waals surface area contributed by atoms with Gasteiger partial charge in [0, 0.05) is 24.5 Å². The predicted octanol–water partition coefficient (Wildman–Crippen LogP) is 0.574. The Balaban J connectivity index is 1.66. The maximum atomic E-state index is 12.7. The van der Waals surface area contributed by atoms with Crippen molar-refractivity contribution in [1.29, 1.82) is 0 Å². The van der Waals surface area contributed by atoms with Crippen LogP contribution in [-0.4, -0.2) is 61.5 Å². The summed E-state index contributed by atoms with van der Waals surface area (Å²) in [5.41, 5.74) is 6.80. The van der Waals surface area contributed by atoms with Gasteiger partial charge in [0.2, 0.25) is 5.91 Å². The number of ether oxygens (including phenoxy) is 1. The summed E-state index contributed by atoms with van der Waals surface area (Å²) in [4.78, 5) is 39.9. The molecular formula is C19H26N4O4. The number of carbonyl (C=O) groups is 3. The first kappa shape index (κ1) is 19.3. The lowest BCUT2D eigenvalue weighted by atomic mass is 10.1. The van der Waals surface area contributed by atoms with Crippen molar-refractivity contribution < 1.29 is 19.1 Å². The quantitative estimate of drug-likeness (QED) is 0.648. The molecule has 2 fully saturated rings. The molecule has 27 heavy (non-hydrogen) atoms. The monoisotopic (exact) mass is 374 g/mol. The molecule has 146 valence electrons.